The van der Waals surface area contributed by atoms with Crippen molar-refractivity contribution in [3.63, 3.8) is 0 Å². The van der Waals surface area contributed by atoms with E-state index in [1.165, 1.54) is 27.2 Å². The van der Waals surface area contributed by atoms with E-state index in [-0.39, 0.29) is 0 Å². The van der Waals surface area contributed by atoms with E-state index in [1.54, 1.807) is 19.5 Å². The second-order valence-electron chi connectivity index (χ2n) is 7.25. The Labute approximate surface area is 179 Å². The minimum atomic E-state index is 0.698. The van der Waals surface area contributed by atoms with Crippen molar-refractivity contribution in [1.29, 1.82) is 0 Å². The first-order valence-corrected chi connectivity index (χ1v) is 10.7. The van der Waals surface area contributed by atoms with E-state index >= 15 is 0 Å². The lowest BCUT2D eigenvalue weighted by molar-refractivity contribution is 0.245. The van der Waals surface area contributed by atoms with Gasteiger partial charge in [0.1, 0.15) is 12.1 Å². The van der Waals surface area contributed by atoms with Gasteiger partial charge in [-0.3, -0.25) is 4.90 Å². The number of ether oxygens (including phenoxy) is 1. The highest BCUT2D eigenvalue weighted by Gasteiger charge is 2.19. The Morgan fingerprint density at radius 2 is 1.97 bits per heavy atom. The molecule has 3 aromatic heterocycles. The molecule has 0 bridgehead atoms. The van der Waals surface area contributed by atoms with E-state index in [0.717, 1.165) is 43.1 Å². The van der Waals surface area contributed by atoms with Gasteiger partial charge >= 0.3 is 0 Å². The van der Waals surface area contributed by atoms with Crippen molar-refractivity contribution in [3.05, 3.63) is 77.5 Å². The molecular weight excluding hydrogens is 394 g/mol. The Hall–Kier alpha value is -3.16. The quantitative estimate of drug-likeness (QED) is 0.486. The van der Waals surface area contributed by atoms with Gasteiger partial charge in [-0.25, -0.2) is 19.9 Å². The maximum atomic E-state index is 5.35. The Bertz CT molecular complexity index is 1160. The molecule has 0 fully saturated rings. The summed E-state index contributed by atoms with van der Waals surface area (Å²) in [6.07, 6.45) is 7.89. The molecule has 6 nitrogen and oxygen atoms in total. The van der Waals surface area contributed by atoms with Gasteiger partial charge in [0.05, 0.1) is 18.4 Å². The number of nitrogens with zero attached hydrogens (tertiary/aromatic N) is 5. The summed E-state index contributed by atoms with van der Waals surface area (Å²) in [5.74, 6) is 1.58. The molecule has 0 spiro atoms. The van der Waals surface area contributed by atoms with Gasteiger partial charge in [-0.15, -0.1) is 11.3 Å². The second-order valence-corrected chi connectivity index (χ2v) is 8.42. The monoisotopic (exact) mass is 415 g/mol. The van der Waals surface area contributed by atoms with Crippen LogP contribution in [0.15, 0.2) is 61.3 Å². The summed E-state index contributed by atoms with van der Waals surface area (Å²) in [5, 5.41) is 0. The number of aromatic nitrogens is 4. The van der Waals surface area contributed by atoms with Crippen molar-refractivity contribution in [2.24, 2.45) is 0 Å². The Morgan fingerprint density at radius 1 is 1.07 bits per heavy atom. The van der Waals surface area contributed by atoms with Crippen LogP contribution in [-0.2, 0) is 19.5 Å². The van der Waals surface area contributed by atoms with E-state index in [4.69, 9.17) is 9.72 Å². The number of fused-ring (bicyclic) bond motifs is 1. The summed E-state index contributed by atoms with van der Waals surface area (Å²) in [4.78, 5) is 22.5. The van der Waals surface area contributed by atoms with Gasteiger partial charge in [-0.1, -0.05) is 12.1 Å². The van der Waals surface area contributed by atoms with Crippen LogP contribution < -0.4 is 4.74 Å². The molecule has 0 N–H and O–H groups in total. The largest absolute Gasteiger partial charge is 0.497 e. The SMILES string of the molecule is COc1cccc(-c2ccc(CN3CCc4nc(-c5cncnc5)ncc4C3)s2)c1. The van der Waals surface area contributed by atoms with Crippen LogP contribution in [0.4, 0.5) is 0 Å². The predicted molar refractivity (Wildman–Crippen MR) is 117 cm³/mol. The Kier molecular flexibility index (Phi) is 5.21. The van der Waals surface area contributed by atoms with Crippen molar-refractivity contribution < 1.29 is 4.74 Å². The highest BCUT2D eigenvalue weighted by Crippen LogP contribution is 2.31. The van der Waals surface area contributed by atoms with Gasteiger partial charge in [0, 0.05) is 60.0 Å². The molecule has 4 heterocycles. The number of hydrogen-bond acceptors (Lipinski definition) is 7. The Balaban J connectivity index is 1.28. The van der Waals surface area contributed by atoms with Crippen molar-refractivity contribution in [1.82, 2.24) is 24.8 Å². The number of hydrogen-bond donors (Lipinski definition) is 0. The van der Waals surface area contributed by atoms with E-state index < -0.39 is 0 Å². The first-order chi connectivity index (χ1) is 14.8. The molecule has 1 aliphatic heterocycles. The highest BCUT2D eigenvalue weighted by molar-refractivity contribution is 7.15. The third-order valence-electron chi connectivity index (χ3n) is 5.23. The summed E-state index contributed by atoms with van der Waals surface area (Å²) in [5.41, 5.74) is 4.38. The summed E-state index contributed by atoms with van der Waals surface area (Å²) in [6, 6.07) is 12.6. The molecule has 1 aromatic carbocycles. The average molecular weight is 416 g/mol. The van der Waals surface area contributed by atoms with Crippen LogP contribution in [0, 0.1) is 0 Å². The first kappa shape index (κ1) is 18.8. The van der Waals surface area contributed by atoms with E-state index in [2.05, 4.69) is 44.1 Å². The molecule has 1 aliphatic rings. The molecule has 0 atom stereocenters. The number of benzene rings is 1. The molecule has 0 saturated carbocycles. The molecule has 0 aliphatic carbocycles. The van der Waals surface area contributed by atoms with Gasteiger partial charge in [-0.05, 0) is 29.8 Å². The third kappa shape index (κ3) is 3.94. The normalized spacial score (nSPS) is 13.8. The van der Waals surface area contributed by atoms with Gasteiger partial charge in [0.25, 0.3) is 0 Å². The lowest BCUT2D eigenvalue weighted by Crippen LogP contribution is -2.30. The molecule has 7 heteroatoms. The predicted octanol–water partition coefficient (Wildman–Crippen LogP) is 4.23. The lowest BCUT2D eigenvalue weighted by Gasteiger charge is -2.27. The van der Waals surface area contributed by atoms with E-state index in [0.29, 0.717) is 5.82 Å². The zero-order chi connectivity index (χ0) is 20.3. The average Bonchev–Trinajstić information content (AvgIpc) is 3.28. The van der Waals surface area contributed by atoms with Crippen molar-refractivity contribution in [2.75, 3.05) is 13.7 Å². The summed E-state index contributed by atoms with van der Waals surface area (Å²) in [6.45, 7) is 2.79. The van der Waals surface area contributed by atoms with Crippen LogP contribution in [0.3, 0.4) is 0 Å². The van der Waals surface area contributed by atoms with Crippen molar-refractivity contribution in [3.8, 4) is 27.6 Å². The van der Waals surface area contributed by atoms with E-state index in [1.807, 2.05) is 29.7 Å². The van der Waals surface area contributed by atoms with Crippen LogP contribution >= 0.6 is 11.3 Å². The lowest BCUT2D eigenvalue weighted by atomic mass is 10.1. The Morgan fingerprint density at radius 3 is 2.83 bits per heavy atom. The second kappa shape index (κ2) is 8.30. The molecule has 4 aromatic rings. The fourth-order valence-corrected chi connectivity index (χ4v) is 4.72. The van der Waals surface area contributed by atoms with Crippen LogP contribution in [0.2, 0.25) is 0 Å². The molecule has 0 unspecified atom stereocenters. The topological polar surface area (TPSA) is 64.0 Å². The molecule has 150 valence electrons. The van der Waals surface area contributed by atoms with Gasteiger partial charge in [-0.2, -0.15) is 0 Å². The number of rotatable bonds is 5. The zero-order valence-electron chi connectivity index (χ0n) is 16.7. The van der Waals surface area contributed by atoms with Crippen LogP contribution in [-0.4, -0.2) is 38.5 Å². The summed E-state index contributed by atoms with van der Waals surface area (Å²) >= 11 is 1.84. The first-order valence-electron chi connectivity index (χ1n) is 9.84. The maximum Gasteiger partial charge on any atom is 0.162 e. The van der Waals surface area contributed by atoms with Crippen molar-refractivity contribution >= 4 is 11.3 Å². The smallest absolute Gasteiger partial charge is 0.162 e. The number of thiophene rings is 1. The molecule has 0 radical (unpaired) electrons. The molecule has 5 rings (SSSR count). The van der Waals surface area contributed by atoms with Gasteiger partial charge in [0.15, 0.2) is 5.82 Å². The van der Waals surface area contributed by atoms with Crippen LogP contribution in [0.1, 0.15) is 16.1 Å². The molecular formula is C23H21N5OS. The fraction of sp³-hybridized carbons (Fsp3) is 0.217. The molecule has 30 heavy (non-hydrogen) atoms. The van der Waals surface area contributed by atoms with Gasteiger partial charge < -0.3 is 4.74 Å². The molecule has 0 amide bonds. The van der Waals surface area contributed by atoms with Crippen LogP contribution in [0.5, 0.6) is 5.75 Å². The van der Waals surface area contributed by atoms with E-state index in [9.17, 15) is 0 Å². The zero-order valence-corrected chi connectivity index (χ0v) is 17.5. The third-order valence-corrected chi connectivity index (χ3v) is 6.35. The van der Waals surface area contributed by atoms with Crippen LogP contribution in [0.25, 0.3) is 21.8 Å². The fourth-order valence-electron chi connectivity index (χ4n) is 3.68. The maximum absolute atomic E-state index is 5.35. The minimum Gasteiger partial charge on any atom is -0.497 e. The minimum absolute atomic E-state index is 0.698. The molecule has 0 saturated heterocycles. The standard InChI is InChI=1S/C23H21N5OS/c1-29-19-4-2-3-16(9-19)22-6-5-20(30-22)14-28-8-7-21-18(13-28)12-26-23(27-21)17-10-24-15-25-11-17/h2-6,9-12,15H,7-8,13-14H2,1H3. The summed E-state index contributed by atoms with van der Waals surface area (Å²) < 4.78 is 5.35. The van der Waals surface area contributed by atoms with Gasteiger partial charge in [0.2, 0.25) is 0 Å². The summed E-state index contributed by atoms with van der Waals surface area (Å²) in [7, 11) is 1.70. The number of methoxy groups -OCH3 is 1. The highest BCUT2D eigenvalue weighted by atomic mass is 32.1. The van der Waals surface area contributed by atoms with Crippen molar-refractivity contribution in [2.45, 2.75) is 19.5 Å².